The van der Waals surface area contributed by atoms with Gasteiger partial charge in [-0.1, -0.05) is 0 Å². The van der Waals surface area contributed by atoms with E-state index in [-0.39, 0.29) is 17.4 Å². The van der Waals surface area contributed by atoms with Gasteiger partial charge in [0.25, 0.3) is 10.0 Å². The molecule has 2 N–H and O–H groups in total. The summed E-state index contributed by atoms with van der Waals surface area (Å²) in [7, 11) is -3.73. The van der Waals surface area contributed by atoms with Crippen LogP contribution in [0, 0.1) is 12.8 Å². The van der Waals surface area contributed by atoms with E-state index in [9.17, 15) is 13.2 Å². The number of hydrogen-bond acceptors (Lipinski definition) is 6. The molecule has 100 valence electrons. The highest BCUT2D eigenvalue weighted by atomic mass is 32.2. The number of sulfonamides is 1. The zero-order chi connectivity index (χ0) is 13.3. The standard InChI is InChI=1S/C9H12N2O5S2/c1-5-10-2-8(17-5)18(14,15)11-7-4-16-3-6(7)9(12)13/h2,6-7,11H,3-4H2,1H3,(H,12,13). The van der Waals surface area contributed by atoms with Crippen LogP contribution in [-0.4, -0.2) is 43.7 Å². The molecule has 1 fully saturated rings. The van der Waals surface area contributed by atoms with Gasteiger partial charge in [0.15, 0.2) is 4.21 Å². The predicted molar refractivity (Wildman–Crippen MR) is 62.9 cm³/mol. The summed E-state index contributed by atoms with van der Waals surface area (Å²) >= 11 is 1.04. The molecule has 9 heteroatoms. The fraction of sp³-hybridized carbons (Fsp3) is 0.556. The smallest absolute Gasteiger partial charge is 0.310 e. The van der Waals surface area contributed by atoms with Gasteiger partial charge < -0.3 is 9.84 Å². The van der Waals surface area contributed by atoms with Crippen LogP contribution in [0.5, 0.6) is 0 Å². The van der Waals surface area contributed by atoms with Crippen molar-refractivity contribution in [2.45, 2.75) is 17.2 Å². The minimum atomic E-state index is -3.73. The first-order chi connectivity index (χ1) is 8.40. The topological polar surface area (TPSA) is 106 Å². The van der Waals surface area contributed by atoms with Crippen molar-refractivity contribution in [3.63, 3.8) is 0 Å². The Labute approximate surface area is 108 Å². The quantitative estimate of drug-likeness (QED) is 0.798. The maximum atomic E-state index is 12.0. The fourth-order valence-corrected chi connectivity index (χ4v) is 4.02. The molecule has 7 nitrogen and oxygen atoms in total. The molecule has 1 aromatic heterocycles. The lowest BCUT2D eigenvalue weighted by atomic mass is 10.1. The summed E-state index contributed by atoms with van der Waals surface area (Å²) in [4.78, 5) is 14.8. The van der Waals surface area contributed by atoms with Crippen LogP contribution in [0.4, 0.5) is 0 Å². The molecule has 1 aliphatic heterocycles. The third-order valence-corrected chi connectivity index (χ3v) is 5.43. The van der Waals surface area contributed by atoms with Gasteiger partial charge in [-0.15, -0.1) is 11.3 Å². The number of nitrogens with zero attached hydrogens (tertiary/aromatic N) is 1. The summed E-state index contributed by atoms with van der Waals surface area (Å²) in [6, 6.07) is -0.741. The van der Waals surface area contributed by atoms with Crippen molar-refractivity contribution in [1.29, 1.82) is 0 Å². The van der Waals surface area contributed by atoms with E-state index in [2.05, 4.69) is 9.71 Å². The molecule has 0 saturated carbocycles. The number of aromatic nitrogens is 1. The van der Waals surface area contributed by atoms with E-state index >= 15 is 0 Å². The molecule has 0 bridgehead atoms. The summed E-state index contributed by atoms with van der Waals surface area (Å²) in [6.07, 6.45) is 1.26. The summed E-state index contributed by atoms with van der Waals surface area (Å²) in [6.45, 7) is 1.78. The zero-order valence-corrected chi connectivity index (χ0v) is 11.1. The van der Waals surface area contributed by atoms with Gasteiger partial charge in [-0.25, -0.2) is 18.1 Å². The normalized spacial score (nSPS) is 24.3. The van der Waals surface area contributed by atoms with Crippen LogP contribution in [0.2, 0.25) is 0 Å². The lowest BCUT2D eigenvalue weighted by Crippen LogP contribution is -2.42. The third-order valence-electron chi connectivity index (χ3n) is 2.57. The van der Waals surface area contributed by atoms with Gasteiger partial charge in [0.1, 0.15) is 0 Å². The van der Waals surface area contributed by atoms with E-state index in [1.807, 2.05) is 0 Å². The van der Waals surface area contributed by atoms with Gasteiger partial charge in [-0.2, -0.15) is 0 Å². The molecule has 1 aliphatic rings. The number of rotatable bonds is 4. The second-order valence-corrected chi connectivity index (χ2v) is 7.08. The maximum Gasteiger partial charge on any atom is 0.310 e. The average molecular weight is 292 g/mol. The number of hydrogen-bond donors (Lipinski definition) is 2. The van der Waals surface area contributed by atoms with Gasteiger partial charge in [-0.3, -0.25) is 4.79 Å². The average Bonchev–Trinajstić information content (AvgIpc) is 2.86. The molecule has 0 radical (unpaired) electrons. The van der Waals surface area contributed by atoms with Gasteiger partial charge in [0.2, 0.25) is 0 Å². The SMILES string of the molecule is Cc1ncc(S(=O)(=O)NC2COCC2C(=O)O)s1. The molecular formula is C9H12N2O5S2. The molecule has 2 unspecified atom stereocenters. The number of carbonyl (C=O) groups is 1. The lowest BCUT2D eigenvalue weighted by molar-refractivity contribution is -0.142. The van der Waals surface area contributed by atoms with Crippen LogP contribution >= 0.6 is 11.3 Å². The molecule has 0 spiro atoms. The lowest BCUT2D eigenvalue weighted by Gasteiger charge is -2.14. The minimum Gasteiger partial charge on any atom is -0.481 e. The molecule has 1 saturated heterocycles. The van der Waals surface area contributed by atoms with Crippen LogP contribution in [0.1, 0.15) is 5.01 Å². The fourth-order valence-electron chi connectivity index (χ4n) is 1.64. The molecule has 2 atom stereocenters. The van der Waals surface area contributed by atoms with E-state index in [0.717, 1.165) is 11.3 Å². The minimum absolute atomic E-state index is 0.0181. The van der Waals surface area contributed by atoms with Gasteiger partial charge >= 0.3 is 5.97 Å². The van der Waals surface area contributed by atoms with Crippen LogP contribution in [0.3, 0.4) is 0 Å². The molecule has 2 rings (SSSR count). The first-order valence-electron chi connectivity index (χ1n) is 5.15. The molecule has 1 aromatic rings. The summed E-state index contributed by atoms with van der Waals surface area (Å²) in [5.41, 5.74) is 0. The Morgan fingerprint density at radius 3 is 2.89 bits per heavy atom. The molecule has 0 aliphatic carbocycles. The number of carboxylic acids is 1. The van der Waals surface area contributed by atoms with Gasteiger partial charge in [-0.05, 0) is 6.92 Å². The molecule has 18 heavy (non-hydrogen) atoms. The number of thiazole rings is 1. The Morgan fingerprint density at radius 2 is 2.33 bits per heavy atom. The first-order valence-corrected chi connectivity index (χ1v) is 7.45. The largest absolute Gasteiger partial charge is 0.481 e. The highest BCUT2D eigenvalue weighted by molar-refractivity contribution is 7.91. The monoisotopic (exact) mass is 292 g/mol. The summed E-state index contributed by atoms with van der Waals surface area (Å²) in [5.74, 6) is -1.92. The second-order valence-electron chi connectivity index (χ2n) is 3.91. The molecule has 0 aromatic carbocycles. The van der Waals surface area contributed by atoms with Crippen LogP contribution in [-0.2, 0) is 19.6 Å². The van der Waals surface area contributed by atoms with Gasteiger partial charge in [0.05, 0.1) is 36.4 Å². The van der Waals surface area contributed by atoms with Crippen molar-refractivity contribution in [3.8, 4) is 0 Å². The van der Waals surface area contributed by atoms with E-state index < -0.39 is 28.0 Å². The van der Waals surface area contributed by atoms with Crippen LogP contribution in [0.25, 0.3) is 0 Å². The highest BCUT2D eigenvalue weighted by Gasteiger charge is 2.37. The number of carboxylic acid groups (broad SMARTS) is 1. The summed E-state index contributed by atoms with van der Waals surface area (Å²) in [5, 5.41) is 9.56. The van der Waals surface area contributed by atoms with Crippen molar-refractivity contribution in [2.24, 2.45) is 5.92 Å². The highest BCUT2D eigenvalue weighted by Crippen LogP contribution is 2.21. The number of ether oxygens (including phenoxy) is 1. The van der Waals surface area contributed by atoms with Crippen molar-refractivity contribution in [2.75, 3.05) is 13.2 Å². The van der Waals surface area contributed by atoms with Crippen LogP contribution < -0.4 is 4.72 Å². The second kappa shape index (κ2) is 4.92. The Kier molecular flexibility index (Phi) is 3.66. The van der Waals surface area contributed by atoms with E-state index in [0.29, 0.717) is 5.01 Å². The zero-order valence-electron chi connectivity index (χ0n) is 9.49. The number of aliphatic carboxylic acids is 1. The summed E-state index contributed by atoms with van der Waals surface area (Å²) < 4.78 is 31.4. The van der Waals surface area contributed by atoms with E-state index in [1.54, 1.807) is 6.92 Å². The Balaban J connectivity index is 2.16. The van der Waals surface area contributed by atoms with Gasteiger partial charge in [0, 0.05) is 0 Å². The maximum absolute atomic E-state index is 12.0. The molecule has 2 heterocycles. The Bertz CT molecular complexity index is 553. The molecule has 0 amide bonds. The van der Waals surface area contributed by atoms with Crippen molar-refractivity contribution in [3.05, 3.63) is 11.2 Å². The third kappa shape index (κ3) is 2.69. The Hall–Kier alpha value is -1.03. The van der Waals surface area contributed by atoms with E-state index in [1.165, 1.54) is 6.20 Å². The van der Waals surface area contributed by atoms with E-state index in [4.69, 9.17) is 9.84 Å². The Morgan fingerprint density at radius 1 is 1.61 bits per heavy atom. The van der Waals surface area contributed by atoms with Crippen LogP contribution in [0.15, 0.2) is 10.4 Å². The first kappa shape index (κ1) is 13.4. The van der Waals surface area contributed by atoms with Crippen molar-refractivity contribution < 1.29 is 23.1 Å². The van der Waals surface area contributed by atoms with Crippen molar-refractivity contribution >= 4 is 27.3 Å². The number of aryl methyl sites for hydroxylation is 1. The molecular weight excluding hydrogens is 280 g/mol. The van der Waals surface area contributed by atoms with Crippen molar-refractivity contribution in [1.82, 2.24) is 9.71 Å². The number of nitrogens with one attached hydrogen (secondary N) is 1. The predicted octanol–water partition coefficient (Wildman–Crippen LogP) is -0.171.